The Hall–Kier alpha value is -4.13. The summed E-state index contributed by atoms with van der Waals surface area (Å²) in [6, 6.07) is 12.4. The van der Waals surface area contributed by atoms with Crippen molar-refractivity contribution in [2.45, 2.75) is 19.8 Å². The number of benzene rings is 2. The van der Waals surface area contributed by atoms with E-state index in [1.54, 1.807) is 18.2 Å². The lowest BCUT2D eigenvalue weighted by Crippen LogP contribution is -2.11. The number of ether oxygens (including phenoxy) is 1. The Bertz CT molecular complexity index is 1330. The molecular weight excluding hydrogens is 410 g/mol. The maximum Gasteiger partial charge on any atom is 0.328 e. The number of amides is 1. The van der Waals surface area contributed by atoms with Crippen molar-refractivity contribution in [2.75, 3.05) is 11.9 Å². The molecule has 3 aromatic rings. The van der Waals surface area contributed by atoms with E-state index in [-0.39, 0.29) is 5.43 Å². The highest BCUT2D eigenvalue weighted by Gasteiger charge is 2.24. The largest absolute Gasteiger partial charge is 0.493 e. The van der Waals surface area contributed by atoms with Crippen molar-refractivity contribution in [1.82, 2.24) is 0 Å². The molecule has 2 N–H and O–H groups in total. The van der Waals surface area contributed by atoms with Gasteiger partial charge in [-0.25, -0.2) is 4.79 Å². The number of hydrogen-bond donors (Lipinski definition) is 2. The zero-order valence-corrected chi connectivity index (χ0v) is 17.4. The Morgan fingerprint density at radius 2 is 1.97 bits per heavy atom. The lowest BCUT2D eigenvalue weighted by molar-refractivity contribution is -0.131. The van der Waals surface area contributed by atoms with Gasteiger partial charge in [-0.05, 0) is 49.6 Å². The van der Waals surface area contributed by atoms with Crippen LogP contribution >= 0.6 is 0 Å². The van der Waals surface area contributed by atoms with E-state index in [1.165, 1.54) is 0 Å². The summed E-state index contributed by atoms with van der Waals surface area (Å²) >= 11 is 0. The van der Waals surface area contributed by atoms with Crippen LogP contribution in [-0.2, 0) is 16.0 Å². The molecule has 2 aromatic carbocycles. The van der Waals surface area contributed by atoms with Crippen LogP contribution in [0.4, 0.5) is 5.69 Å². The molecule has 32 heavy (non-hydrogen) atoms. The second-order valence-electron chi connectivity index (χ2n) is 7.25. The number of anilines is 1. The van der Waals surface area contributed by atoms with Crippen LogP contribution in [0.25, 0.3) is 22.6 Å². The maximum absolute atomic E-state index is 13.0. The molecule has 162 valence electrons. The molecule has 0 aliphatic heterocycles. The van der Waals surface area contributed by atoms with E-state index in [2.05, 4.69) is 5.32 Å². The van der Waals surface area contributed by atoms with Crippen LogP contribution in [0.3, 0.4) is 0 Å². The van der Waals surface area contributed by atoms with E-state index in [0.717, 1.165) is 29.0 Å². The van der Waals surface area contributed by atoms with Crippen molar-refractivity contribution in [3.05, 3.63) is 81.7 Å². The van der Waals surface area contributed by atoms with E-state index in [4.69, 9.17) is 14.3 Å². The van der Waals surface area contributed by atoms with E-state index < -0.39 is 11.9 Å². The predicted molar refractivity (Wildman–Crippen MR) is 122 cm³/mol. The summed E-state index contributed by atoms with van der Waals surface area (Å²) in [5, 5.41) is 11.6. The highest BCUT2D eigenvalue weighted by atomic mass is 16.5. The molecule has 4 rings (SSSR count). The van der Waals surface area contributed by atoms with Crippen LogP contribution in [0.2, 0.25) is 0 Å². The Morgan fingerprint density at radius 1 is 1.16 bits per heavy atom. The van der Waals surface area contributed by atoms with Crippen molar-refractivity contribution in [3.63, 3.8) is 0 Å². The fourth-order valence-corrected chi connectivity index (χ4v) is 3.71. The number of carbonyl (C=O) groups is 2. The van der Waals surface area contributed by atoms with Gasteiger partial charge in [0.05, 0.1) is 12.0 Å². The van der Waals surface area contributed by atoms with Gasteiger partial charge in [0, 0.05) is 35.0 Å². The van der Waals surface area contributed by atoms with E-state index in [9.17, 15) is 14.4 Å². The summed E-state index contributed by atoms with van der Waals surface area (Å²) in [4.78, 5) is 35.5. The summed E-state index contributed by atoms with van der Waals surface area (Å²) in [7, 11) is 0. The molecule has 0 saturated heterocycles. The van der Waals surface area contributed by atoms with Crippen molar-refractivity contribution in [3.8, 4) is 5.75 Å². The first-order chi connectivity index (χ1) is 15.5. The summed E-state index contributed by atoms with van der Waals surface area (Å²) in [5.74, 6) is -0.504. The van der Waals surface area contributed by atoms with E-state index >= 15 is 0 Å². The molecule has 0 atom stereocenters. The average Bonchev–Trinajstić information content (AvgIpc) is 3.16. The van der Waals surface area contributed by atoms with Crippen molar-refractivity contribution < 1.29 is 23.8 Å². The van der Waals surface area contributed by atoms with Crippen LogP contribution in [0.5, 0.6) is 5.75 Å². The first-order valence-electron chi connectivity index (χ1n) is 10.2. The first kappa shape index (κ1) is 21.1. The molecule has 0 spiro atoms. The maximum atomic E-state index is 13.0. The summed E-state index contributed by atoms with van der Waals surface area (Å²) in [6.07, 6.45) is 4.92. The lowest BCUT2D eigenvalue weighted by atomic mass is 10.1. The topological polar surface area (TPSA) is 106 Å². The monoisotopic (exact) mass is 431 g/mol. The van der Waals surface area contributed by atoms with Gasteiger partial charge in [-0.2, -0.15) is 0 Å². The summed E-state index contributed by atoms with van der Waals surface area (Å²) in [5.41, 5.74) is 3.10. The number of rotatable bonds is 6. The third-order valence-electron chi connectivity index (χ3n) is 5.12. The Labute approximate surface area is 183 Å². The number of aliphatic carboxylic acids is 1. The first-order valence-corrected chi connectivity index (χ1v) is 10.2. The van der Waals surface area contributed by atoms with Gasteiger partial charge in [-0.15, -0.1) is 0 Å². The second-order valence-corrected chi connectivity index (χ2v) is 7.25. The van der Waals surface area contributed by atoms with Gasteiger partial charge in [0.2, 0.25) is 5.91 Å². The van der Waals surface area contributed by atoms with Crippen molar-refractivity contribution in [1.29, 1.82) is 0 Å². The standard InChI is InChI=1S/C25H21NO6/c1-2-31-20-6-4-3-5-15(20)13-16-7-9-19-24(30)18-10-8-17(14-21(18)32-25(16)19)26-22(27)11-12-23(28)29/h3-6,8,10-14H,2,7,9H2,1H3,(H,26,27)(H,28,29). The number of carbonyl (C=O) groups excluding carboxylic acids is 1. The molecule has 0 bridgehead atoms. The molecule has 7 heteroatoms. The predicted octanol–water partition coefficient (Wildman–Crippen LogP) is 4.26. The van der Waals surface area contributed by atoms with E-state index in [0.29, 0.717) is 47.4 Å². The number of fused-ring (bicyclic) bond motifs is 2. The number of allylic oxidation sites excluding steroid dienone is 1. The number of hydrogen-bond acceptors (Lipinski definition) is 5. The minimum absolute atomic E-state index is 0.0913. The van der Waals surface area contributed by atoms with Crippen LogP contribution in [-0.4, -0.2) is 23.6 Å². The van der Waals surface area contributed by atoms with Gasteiger partial charge in [0.25, 0.3) is 0 Å². The Morgan fingerprint density at radius 3 is 2.75 bits per heavy atom. The highest BCUT2D eigenvalue weighted by Crippen LogP contribution is 2.36. The molecule has 1 aliphatic rings. The molecule has 1 heterocycles. The molecule has 0 unspecified atom stereocenters. The number of carboxylic acid groups (broad SMARTS) is 1. The summed E-state index contributed by atoms with van der Waals surface area (Å²) in [6.45, 7) is 2.47. The van der Waals surface area contributed by atoms with Gasteiger partial charge in [0.1, 0.15) is 17.1 Å². The molecular formula is C25H21NO6. The minimum Gasteiger partial charge on any atom is -0.493 e. The number of nitrogens with one attached hydrogen (secondary N) is 1. The van der Waals surface area contributed by atoms with E-state index in [1.807, 2.05) is 37.3 Å². The minimum atomic E-state index is -1.22. The van der Waals surface area contributed by atoms with Gasteiger partial charge in [0.15, 0.2) is 5.43 Å². The Balaban J connectivity index is 1.72. The van der Waals surface area contributed by atoms with Crippen LogP contribution in [0.1, 0.15) is 30.2 Å². The highest BCUT2D eigenvalue weighted by molar-refractivity contribution is 6.03. The zero-order chi connectivity index (χ0) is 22.7. The molecule has 0 fully saturated rings. The normalized spacial score (nSPS) is 14.1. The SMILES string of the molecule is CCOc1ccccc1C=C1CCc2c1oc1cc(NC(=O)C=CC(=O)O)ccc1c2=O. The second kappa shape index (κ2) is 8.93. The zero-order valence-electron chi connectivity index (χ0n) is 17.4. The van der Waals surface area contributed by atoms with Gasteiger partial charge < -0.3 is 19.6 Å². The third kappa shape index (κ3) is 4.32. The average molecular weight is 431 g/mol. The van der Waals surface area contributed by atoms with Gasteiger partial charge >= 0.3 is 5.97 Å². The fraction of sp³-hybridized carbons (Fsp3) is 0.160. The van der Waals surface area contributed by atoms with Crippen LogP contribution in [0.15, 0.2) is 63.8 Å². The van der Waals surface area contributed by atoms with Crippen LogP contribution < -0.4 is 15.5 Å². The van der Waals surface area contributed by atoms with Gasteiger partial charge in [-0.3, -0.25) is 9.59 Å². The summed E-state index contributed by atoms with van der Waals surface area (Å²) < 4.78 is 11.8. The van der Waals surface area contributed by atoms with Gasteiger partial charge in [-0.1, -0.05) is 18.2 Å². The molecule has 7 nitrogen and oxygen atoms in total. The van der Waals surface area contributed by atoms with Crippen LogP contribution in [0, 0.1) is 0 Å². The van der Waals surface area contributed by atoms with Crippen molar-refractivity contribution >= 4 is 40.2 Å². The third-order valence-corrected chi connectivity index (χ3v) is 5.12. The number of para-hydroxylation sites is 1. The molecule has 0 saturated carbocycles. The smallest absolute Gasteiger partial charge is 0.328 e. The van der Waals surface area contributed by atoms with Crippen molar-refractivity contribution in [2.24, 2.45) is 0 Å². The molecule has 0 radical (unpaired) electrons. The quantitative estimate of drug-likeness (QED) is 0.565. The molecule has 1 amide bonds. The molecule has 1 aromatic heterocycles. The Kier molecular flexibility index (Phi) is 5.89. The fourth-order valence-electron chi connectivity index (χ4n) is 3.71. The lowest BCUT2D eigenvalue weighted by Gasteiger charge is -2.09. The number of carboxylic acids is 1. The molecule has 1 aliphatic carbocycles.